The van der Waals surface area contributed by atoms with Gasteiger partial charge >= 0.3 is 5.97 Å². The van der Waals surface area contributed by atoms with Gasteiger partial charge in [0.2, 0.25) is 10.0 Å². The van der Waals surface area contributed by atoms with Crippen molar-refractivity contribution in [1.82, 2.24) is 24.5 Å². The molecule has 0 N–H and O–H groups in total. The van der Waals surface area contributed by atoms with Gasteiger partial charge in [-0.2, -0.15) is 8.99 Å². The molecule has 2 aromatic carbocycles. The number of carbonyl (C=O) groups is 1. The molecule has 1 aliphatic heterocycles. The van der Waals surface area contributed by atoms with Gasteiger partial charge in [-0.25, -0.2) is 8.42 Å². The van der Waals surface area contributed by atoms with E-state index in [1.54, 1.807) is 12.1 Å². The van der Waals surface area contributed by atoms with Crippen molar-refractivity contribution >= 4 is 16.0 Å². The highest BCUT2D eigenvalue weighted by Crippen LogP contribution is 2.26. The molecule has 11 heteroatoms. The summed E-state index contributed by atoms with van der Waals surface area (Å²) in [6.45, 7) is 0.309. The molecule has 0 saturated carbocycles. The number of carbonyl (C=O) groups excluding carboxylic acids is 1. The van der Waals surface area contributed by atoms with Gasteiger partial charge in [-0.3, -0.25) is 4.79 Å². The molecule has 0 aliphatic carbocycles. The third kappa shape index (κ3) is 4.63. The van der Waals surface area contributed by atoms with Crippen molar-refractivity contribution in [1.29, 1.82) is 0 Å². The molecule has 0 bridgehead atoms. The molecule has 1 fully saturated rings. The van der Waals surface area contributed by atoms with E-state index in [1.807, 2.05) is 30.3 Å². The van der Waals surface area contributed by atoms with Crippen LogP contribution in [0.3, 0.4) is 0 Å². The Bertz CT molecular complexity index is 1160. The van der Waals surface area contributed by atoms with Gasteiger partial charge < -0.3 is 9.47 Å². The van der Waals surface area contributed by atoms with Crippen LogP contribution in [0.4, 0.5) is 0 Å². The molecule has 1 saturated heterocycles. The number of nitrogens with zero attached hydrogens (tertiary/aromatic N) is 5. The number of tetrazole rings is 1. The summed E-state index contributed by atoms with van der Waals surface area (Å²) in [4.78, 5) is 12.9. The highest BCUT2D eigenvalue weighted by molar-refractivity contribution is 7.89. The van der Waals surface area contributed by atoms with Crippen molar-refractivity contribution in [2.24, 2.45) is 5.92 Å². The predicted molar refractivity (Wildman–Crippen MR) is 113 cm³/mol. The molecule has 0 spiro atoms. The van der Waals surface area contributed by atoms with Crippen molar-refractivity contribution in [3.63, 3.8) is 0 Å². The molecule has 4 rings (SSSR count). The standard InChI is InChI=1S/C21H23N5O5S/c1-30-18-9-11-19(12-10-18)32(28,29)25-13-5-6-16(14-25)21(27)31-15-20-22-23-24-26(20)17-7-3-2-4-8-17/h2-4,7-12,16H,5-6,13-15H2,1H3. The van der Waals surface area contributed by atoms with Gasteiger partial charge in [0.25, 0.3) is 0 Å². The number of hydrogen-bond donors (Lipinski definition) is 0. The van der Waals surface area contributed by atoms with E-state index in [0.29, 0.717) is 31.0 Å². The summed E-state index contributed by atoms with van der Waals surface area (Å²) in [5.41, 5.74) is 0.748. The first-order valence-corrected chi connectivity index (χ1v) is 11.6. The van der Waals surface area contributed by atoms with E-state index in [4.69, 9.17) is 9.47 Å². The van der Waals surface area contributed by atoms with Crippen LogP contribution in [0.5, 0.6) is 5.75 Å². The summed E-state index contributed by atoms with van der Waals surface area (Å²) in [7, 11) is -2.20. The Morgan fingerprint density at radius 1 is 1.12 bits per heavy atom. The van der Waals surface area contributed by atoms with Gasteiger partial charge in [-0.15, -0.1) is 5.10 Å². The monoisotopic (exact) mass is 457 g/mol. The Balaban J connectivity index is 1.40. The van der Waals surface area contributed by atoms with Crippen molar-refractivity contribution in [3.8, 4) is 11.4 Å². The summed E-state index contributed by atoms with van der Waals surface area (Å²) < 4.78 is 39.4. The smallest absolute Gasteiger partial charge is 0.310 e. The second-order valence-corrected chi connectivity index (χ2v) is 9.27. The number of benzene rings is 2. The predicted octanol–water partition coefficient (Wildman–Crippen LogP) is 1.81. The lowest BCUT2D eigenvalue weighted by Crippen LogP contribution is -2.42. The average molecular weight is 458 g/mol. The van der Waals surface area contributed by atoms with Crippen molar-refractivity contribution < 1.29 is 22.7 Å². The summed E-state index contributed by atoms with van der Waals surface area (Å²) in [5, 5.41) is 11.5. The van der Waals surface area contributed by atoms with Gasteiger partial charge in [-0.05, 0) is 59.7 Å². The van der Waals surface area contributed by atoms with Gasteiger partial charge in [0.15, 0.2) is 12.4 Å². The lowest BCUT2D eigenvalue weighted by Gasteiger charge is -2.30. The van der Waals surface area contributed by atoms with E-state index in [9.17, 15) is 13.2 Å². The maximum atomic E-state index is 13.0. The van der Waals surface area contributed by atoms with Crippen LogP contribution in [0.2, 0.25) is 0 Å². The fourth-order valence-electron chi connectivity index (χ4n) is 3.57. The largest absolute Gasteiger partial charge is 0.497 e. The lowest BCUT2D eigenvalue weighted by molar-refractivity contribution is -0.151. The maximum absolute atomic E-state index is 13.0. The van der Waals surface area contributed by atoms with Crippen LogP contribution in [-0.2, 0) is 26.2 Å². The molecular weight excluding hydrogens is 434 g/mol. The Kier molecular flexibility index (Phi) is 6.47. The number of sulfonamides is 1. The number of para-hydroxylation sites is 1. The first-order valence-electron chi connectivity index (χ1n) is 10.1. The SMILES string of the molecule is COc1ccc(S(=O)(=O)N2CCCC(C(=O)OCc3nnnn3-c3ccccc3)C2)cc1. The minimum Gasteiger partial charge on any atom is -0.497 e. The first kappa shape index (κ1) is 21.9. The van der Waals surface area contributed by atoms with Crippen LogP contribution >= 0.6 is 0 Å². The topological polar surface area (TPSA) is 117 Å². The van der Waals surface area contributed by atoms with Crippen molar-refractivity contribution in [2.45, 2.75) is 24.3 Å². The Morgan fingerprint density at radius 2 is 1.88 bits per heavy atom. The summed E-state index contributed by atoms with van der Waals surface area (Å²) in [6, 6.07) is 15.5. The zero-order valence-electron chi connectivity index (χ0n) is 17.5. The molecule has 2 heterocycles. The summed E-state index contributed by atoms with van der Waals surface area (Å²) in [5.74, 6) is -0.0787. The van der Waals surface area contributed by atoms with E-state index in [0.717, 1.165) is 5.69 Å². The Morgan fingerprint density at radius 3 is 2.59 bits per heavy atom. The normalized spacial score (nSPS) is 17.1. The number of aromatic nitrogens is 4. The minimum absolute atomic E-state index is 0.0663. The number of hydrogen-bond acceptors (Lipinski definition) is 8. The van der Waals surface area contributed by atoms with Gasteiger partial charge in [-0.1, -0.05) is 18.2 Å². The van der Waals surface area contributed by atoms with E-state index < -0.39 is 21.9 Å². The molecule has 1 unspecified atom stereocenters. The first-order chi connectivity index (χ1) is 15.5. The fraction of sp³-hybridized carbons (Fsp3) is 0.333. The van der Waals surface area contributed by atoms with Crippen LogP contribution < -0.4 is 4.74 Å². The fourth-order valence-corrected chi connectivity index (χ4v) is 5.09. The summed E-state index contributed by atoms with van der Waals surface area (Å²) in [6.07, 6.45) is 1.12. The van der Waals surface area contributed by atoms with Crippen LogP contribution in [0.15, 0.2) is 59.5 Å². The van der Waals surface area contributed by atoms with E-state index in [2.05, 4.69) is 15.5 Å². The molecule has 1 aromatic heterocycles. The molecular formula is C21H23N5O5S. The minimum atomic E-state index is -3.72. The number of esters is 1. The maximum Gasteiger partial charge on any atom is 0.310 e. The molecule has 3 aromatic rings. The number of rotatable bonds is 7. The second kappa shape index (κ2) is 9.45. The van der Waals surface area contributed by atoms with Crippen LogP contribution in [0.25, 0.3) is 5.69 Å². The average Bonchev–Trinajstić information content (AvgIpc) is 3.32. The Hall–Kier alpha value is -3.31. The third-order valence-corrected chi connectivity index (χ3v) is 7.17. The summed E-state index contributed by atoms with van der Waals surface area (Å²) >= 11 is 0. The zero-order valence-corrected chi connectivity index (χ0v) is 18.3. The molecule has 1 atom stereocenters. The van der Waals surface area contributed by atoms with E-state index in [1.165, 1.54) is 28.2 Å². The van der Waals surface area contributed by atoms with Crippen LogP contribution in [0, 0.1) is 5.92 Å². The van der Waals surface area contributed by atoms with Crippen LogP contribution in [-0.4, -0.2) is 59.1 Å². The molecule has 10 nitrogen and oxygen atoms in total. The molecule has 0 radical (unpaired) electrons. The van der Waals surface area contributed by atoms with E-state index in [-0.39, 0.29) is 18.0 Å². The number of ether oxygens (including phenoxy) is 2. The zero-order chi connectivity index (χ0) is 22.6. The van der Waals surface area contributed by atoms with Gasteiger partial charge in [0, 0.05) is 13.1 Å². The highest BCUT2D eigenvalue weighted by Gasteiger charge is 2.34. The van der Waals surface area contributed by atoms with Gasteiger partial charge in [0.1, 0.15) is 5.75 Å². The molecule has 32 heavy (non-hydrogen) atoms. The third-order valence-electron chi connectivity index (χ3n) is 5.29. The number of methoxy groups -OCH3 is 1. The quantitative estimate of drug-likeness (QED) is 0.493. The molecule has 168 valence electrons. The van der Waals surface area contributed by atoms with E-state index >= 15 is 0 Å². The Labute approximate surface area is 185 Å². The van der Waals surface area contributed by atoms with Crippen molar-refractivity contribution in [2.75, 3.05) is 20.2 Å². The molecule has 1 aliphatic rings. The second-order valence-electron chi connectivity index (χ2n) is 7.33. The van der Waals surface area contributed by atoms with Crippen molar-refractivity contribution in [3.05, 3.63) is 60.4 Å². The van der Waals surface area contributed by atoms with Gasteiger partial charge in [0.05, 0.1) is 23.6 Å². The lowest BCUT2D eigenvalue weighted by atomic mass is 10.00. The molecule has 0 amide bonds. The van der Waals surface area contributed by atoms with Crippen LogP contribution in [0.1, 0.15) is 18.7 Å². The number of piperidine rings is 1. The highest BCUT2D eigenvalue weighted by atomic mass is 32.2.